The van der Waals surface area contributed by atoms with E-state index in [4.69, 9.17) is 9.84 Å². The Morgan fingerprint density at radius 3 is 2.79 bits per heavy atom. The molecule has 2 rings (SSSR count). The number of fused-ring (bicyclic) bond motifs is 1. The Kier molecular flexibility index (Phi) is 2.88. The van der Waals surface area contributed by atoms with Crippen molar-refractivity contribution in [2.45, 2.75) is 31.3 Å². The quantitative estimate of drug-likeness (QED) is 0.532. The minimum atomic E-state index is -0.678. The largest absolute Gasteiger partial charge is 0.392 e. The second kappa shape index (κ2) is 3.98. The maximum atomic E-state index is 9.71. The van der Waals surface area contributed by atoms with Crippen molar-refractivity contribution in [1.82, 2.24) is 0 Å². The van der Waals surface area contributed by atoms with Gasteiger partial charge in [0.2, 0.25) is 0 Å². The maximum absolute atomic E-state index is 9.71. The van der Waals surface area contributed by atoms with E-state index in [2.05, 4.69) is 0 Å². The van der Waals surface area contributed by atoms with Crippen LogP contribution in [0.3, 0.4) is 0 Å². The van der Waals surface area contributed by atoms with Gasteiger partial charge in [0.15, 0.2) is 6.29 Å². The molecule has 0 bridgehead atoms. The average Bonchev–Trinajstić information content (AvgIpc) is 2.58. The van der Waals surface area contributed by atoms with Crippen LogP contribution in [0.25, 0.3) is 0 Å². The Morgan fingerprint density at radius 2 is 2.07 bits per heavy atom. The van der Waals surface area contributed by atoms with Gasteiger partial charge >= 0.3 is 0 Å². The van der Waals surface area contributed by atoms with Crippen molar-refractivity contribution >= 4 is 0 Å². The van der Waals surface area contributed by atoms with Crippen molar-refractivity contribution in [2.24, 2.45) is 11.8 Å². The van der Waals surface area contributed by atoms with Gasteiger partial charge < -0.3 is 20.1 Å². The van der Waals surface area contributed by atoms with Crippen LogP contribution >= 0.6 is 0 Å². The molecule has 0 spiro atoms. The van der Waals surface area contributed by atoms with Gasteiger partial charge in [0, 0.05) is 18.8 Å². The summed E-state index contributed by atoms with van der Waals surface area (Å²) in [4.78, 5) is 0. The number of rotatable bonds is 2. The fourth-order valence-electron chi connectivity index (χ4n) is 2.55. The van der Waals surface area contributed by atoms with Crippen LogP contribution in [0.1, 0.15) is 12.8 Å². The van der Waals surface area contributed by atoms with Gasteiger partial charge in [0.25, 0.3) is 0 Å². The molecule has 3 N–H and O–H groups in total. The zero-order chi connectivity index (χ0) is 10.1. The summed E-state index contributed by atoms with van der Waals surface area (Å²) >= 11 is 0. The summed E-state index contributed by atoms with van der Waals surface area (Å²) in [6, 6.07) is 0. The van der Waals surface area contributed by atoms with Gasteiger partial charge in [-0.3, -0.25) is 0 Å². The highest BCUT2D eigenvalue weighted by Gasteiger charge is 2.47. The zero-order valence-corrected chi connectivity index (χ0v) is 7.91. The predicted octanol–water partition coefficient (Wildman–Crippen LogP) is -0.361. The lowest BCUT2D eigenvalue weighted by Crippen LogP contribution is -2.18. The molecule has 5 unspecified atom stereocenters. The van der Waals surface area contributed by atoms with Crippen molar-refractivity contribution in [2.75, 3.05) is 6.61 Å². The Balaban J connectivity index is 2.04. The molecule has 0 aromatic rings. The van der Waals surface area contributed by atoms with Crippen LogP contribution in [0.5, 0.6) is 0 Å². The van der Waals surface area contributed by atoms with Crippen LogP contribution in [0.15, 0.2) is 12.2 Å². The van der Waals surface area contributed by atoms with E-state index in [0.717, 1.165) is 0 Å². The average molecular weight is 200 g/mol. The third kappa shape index (κ3) is 1.70. The first kappa shape index (κ1) is 10.1. The van der Waals surface area contributed by atoms with Crippen LogP contribution < -0.4 is 0 Å². The van der Waals surface area contributed by atoms with E-state index in [1.54, 1.807) is 6.08 Å². The standard InChI is InChI=1S/C10H16O4/c11-3-1-2-6-7-4-10(13)14-9(7)5-8(6)12/h1-2,6-13H,3-5H2. The van der Waals surface area contributed by atoms with Crippen LogP contribution in [0.4, 0.5) is 0 Å². The van der Waals surface area contributed by atoms with Gasteiger partial charge in [0.05, 0.1) is 18.8 Å². The third-order valence-corrected chi connectivity index (χ3v) is 3.16. The Morgan fingerprint density at radius 1 is 1.29 bits per heavy atom. The van der Waals surface area contributed by atoms with Gasteiger partial charge in [-0.25, -0.2) is 0 Å². The van der Waals surface area contributed by atoms with Gasteiger partial charge in [0.1, 0.15) is 0 Å². The van der Waals surface area contributed by atoms with Crippen LogP contribution in [0.2, 0.25) is 0 Å². The van der Waals surface area contributed by atoms with Crippen molar-refractivity contribution in [3.05, 3.63) is 12.2 Å². The Bertz CT molecular complexity index is 228. The van der Waals surface area contributed by atoms with E-state index < -0.39 is 12.4 Å². The smallest absolute Gasteiger partial charge is 0.155 e. The minimum Gasteiger partial charge on any atom is -0.392 e. The monoisotopic (exact) mass is 200 g/mol. The van der Waals surface area contributed by atoms with Crippen molar-refractivity contribution in [3.8, 4) is 0 Å². The van der Waals surface area contributed by atoms with E-state index in [1.165, 1.54) is 0 Å². The fraction of sp³-hybridized carbons (Fsp3) is 0.800. The topological polar surface area (TPSA) is 69.9 Å². The fourth-order valence-corrected chi connectivity index (χ4v) is 2.55. The predicted molar refractivity (Wildman–Crippen MR) is 49.3 cm³/mol. The lowest BCUT2D eigenvalue weighted by atomic mass is 9.92. The summed E-state index contributed by atoms with van der Waals surface area (Å²) in [5, 5.41) is 27.7. The Hall–Kier alpha value is -0.420. The summed E-state index contributed by atoms with van der Waals surface area (Å²) < 4.78 is 5.26. The number of hydrogen-bond acceptors (Lipinski definition) is 4. The van der Waals surface area contributed by atoms with E-state index in [0.29, 0.717) is 12.8 Å². The molecule has 0 aromatic carbocycles. The van der Waals surface area contributed by atoms with Gasteiger partial charge in [-0.05, 0) is 5.92 Å². The molecule has 0 aromatic heterocycles. The van der Waals surface area contributed by atoms with E-state index in [-0.39, 0.29) is 24.5 Å². The summed E-state index contributed by atoms with van der Waals surface area (Å²) in [7, 11) is 0. The molecular weight excluding hydrogens is 184 g/mol. The molecule has 80 valence electrons. The lowest BCUT2D eigenvalue weighted by molar-refractivity contribution is -0.0949. The minimum absolute atomic E-state index is 0.00990. The zero-order valence-electron chi connectivity index (χ0n) is 7.91. The first-order valence-corrected chi connectivity index (χ1v) is 5.01. The molecule has 1 heterocycles. The van der Waals surface area contributed by atoms with Crippen LogP contribution in [-0.4, -0.2) is 40.4 Å². The van der Waals surface area contributed by atoms with Crippen LogP contribution in [0, 0.1) is 11.8 Å². The molecule has 5 atom stereocenters. The third-order valence-electron chi connectivity index (χ3n) is 3.16. The molecule has 4 heteroatoms. The number of aliphatic hydroxyl groups is 3. The summed E-state index contributed by atoms with van der Waals surface area (Å²) in [5.41, 5.74) is 0. The highest BCUT2D eigenvalue weighted by Crippen LogP contribution is 2.43. The molecule has 1 aliphatic carbocycles. The molecule has 2 aliphatic rings. The SMILES string of the molecule is OCC=CC1C(O)CC2OC(O)CC21. The molecular formula is C10H16O4. The number of hydrogen-bond donors (Lipinski definition) is 3. The van der Waals surface area contributed by atoms with Gasteiger partial charge in [-0.1, -0.05) is 12.2 Å². The summed E-state index contributed by atoms with van der Waals surface area (Å²) in [5.74, 6) is 0.215. The van der Waals surface area contributed by atoms with Crippen molar-refractivity contribution < 1.29 is 20.1 Å². The normalized spacial score (nSPS) is 47.5. The lowest BCUT2D eigenvalue weighted by Gasteiger charge is -2.15. The van der Waals surface area contributed by atoms with E-state index >= 15 is 0 Å². The van der Waals surface area contributed by atoms with Gasteiger partial charge in [-0.15, -0.1) is 0 Å². The highest BCUT2D eigenvalue weighted by molar-refractivity contribution is 5.04. The molecule has 1 saturated heterocycles. The maximum Gasteiger partial charge on any atom is 0.155 e. The second-order valence-corrected chi connectivity index (χ2v) is 4.02. The van der Waals surface area contributed by atoms with Crippen LogP contribution in [-0.2, 0) is 4.74 Å². The molecule has 2 fully saturated rings. The molecule has 1 aliphatic heterocycles. The summed E-state index contributed by atoms with van der Waals surface area (Å²) in [6.07, 6.45) is 3.54. The van der Waals surface area contributed by atoms with Gasteiger partial charge in [-0.2, -0.15) is 0 Å². The Labute approximate surface area is 82.8 Å². The highest BCUT2D eigenvalue weighted by atomic mass is 16.6. The first-order chi connectivity index (χ1) is 6.72. The molecule has 0 radical (unpaired) electrons. The molecule has 1 saturated carbocycles. The van der Waals surface area contributed by atoms with Crippen molar-refractivity contribution in [3.63, 3.8) is 0 Å². The second-order valence-electron chi connectivity index (χ2n) is 4.02. The molecule has 14 heavy (non-hydrogen) atoms. The molecule has 4 nitrogen and oxygen atoms in total. The van der Waals surface area contributed by atoms with E-state index in [9.17, 15) is 10.2 Å². The number of aliphatic hydroxyl groups excluding tert-OH is 3. The van der Waals surface area contributed by atoms with Crippen molar-refractivity contribution in [1.29, 1.82) is 0 Å². The summed E-state index contributed by atoms with van der Waals surface area (Å²) in [6.45, 7) is -0.00990. The van der Waals surface area contributed by atoms with E-state index in [1.807, 2.05) is 6.08 Å². The first-order valence-electron chi connectivity index (χ1n) is 5.01. The molecule has 0 amide bonds. The number of ether oxygens (including phenoxy) is 1.